The third-order valence-electron chi connectivity index (χ3n) is 2.91. The summed E-state index contributed by atoms with van der Waals surface area (Å²) in [6, 6.07) is 0. The molecule has 0 saturated carbocycles. The molecule has 0 bridgehead atoms. The van der Waals surface area contributed by atoms with Crippen LogP contribution in [0.4, 0.5) is 0 Å². The maximum Gasteiger partial charge on any atom is 0.334 e. The van der Waals surface area contributed by atoms with E-state index in [2.05, 4.69) is 4.85 Å². The quantitative estimate of drug-likeness (QED) is 0.429. The number of hydrogen-bond acceptors (Lipinski definition) is 3. The summed E-state index contributed by atoms with van der Waals surface area (Å²) in [5.41, 5.74) is -0.392. The van der Waals surface area contributed by atoms with Crippen LogP contribution in [0.25, 0.3) is 4.85 Å². The van der Waals surface area contributed by atoms with Gasteiger partial charge in [-0.15, -0.1) is 0 Å². The summed E-state index contributed by atoms with van der Waals surface area (Å²) in [5.74, 6) is -0.327. The second-order valence-electron chi connectivity index (χ2n) is 4.57. The first-order valence-electron chi connectivity index (χ1n) is 5.57. The van der Waals surface area contributed by atoms with Crippen LogP contribution in [0, 0.1) is 12.5 Å². The molecule has 4 heteroatoms. The van der Waals surface area contributed by atoms with E-state index in [9.17, 15) is 4.79 Å². The predicted molar refractivity (Wildman–Crippen MR) is 61.7 cm³/mol. The molecule has 0 saturated heterocycles. The van der Waals surface area contributed by atoms with E-state index in [-0.39, 0.29) is 12.5 Å². The van der Waals surface area contributed by atoms with Crippen LogP contribution in [0.1, 0.15) is 40.5 Å². The third kappa shape index (κ3) is 4.63. The van der Waals surface area contributed by atoms with Crippen molar-refractivity contribution in [2.45, 2.75) is 52.2 Å². The zero-order chi connectivity index (χ0) is 12.8. The largest absolute Gasteiger partial charge is 0.464 e. The highest BCUT2D eigenvalue weighted by Gasteiger charge is 2.33. The normalized spacial score (nSPS) is 16.3. The van der Waals surface area contributed by atoms with Crippen LogP contribution in [-0.2, 0) is 9.53 Å². The van der Waals surface area contributed by atoms with E-state index in [1.807, 2.05) is 20.8 Å². The van der Waals surface area contributed by atoms with Crippen LogP contribution in [0.15, 0.2) is 0 Å². The van der Waals surface area contributed by atoms with Crippen molar-refractivity contribution in [1.82, 2.24) is 0 Å². The number of rotatable bonds is 6. The molecule has 0 aromatic carbocycles. The van der Waals surface area contributed by atoms with E-state index >= 15 is 0 Å². The number of aliphatic hydroxyl groups excluding tert-OH is 1. The van der Waals surface area contributed by atoms with Gasteiger partial charge in [0.25, 0.3) is 0 Å². The fourth-order valence-corrected chi connectivity index (χ4v) is 1.20. The van der Waals surface area contributed by atoms with Crippen molar-refractivity contribution in [1.29, 1.82) is 0 Å². The first kappa shape index (κ1) is 14.9. The number of nitrogens with zero attached hydrogens (tertiary/aromatic N) is 1. The Morgan fingerprint density at radius 1 is 1.50 bits per heavy atom. The molecule has 2 atom stereocenters. The number of carbonyl (C=O) groups excluding carboxylic acids is 1. The van der Waals surface area contributed by atoms with Gasteiger partial charge in [0.2, 0.25) is 5.54 Å². The maximum absolute atomic E-state index is 10.9. The Labute approximate surface area is 97.4 Å². The van der Waals surface area contributed by atoms with E-state index < -0.39 is 17.6 Å². The topological polar surface area (TPSA) is 50.9 Å². The smallest absolute Gasteiger partial charge is 0.334 e. The van der Waals surface area contributed by atoms with E-state index in [0.29, 0.717) is 12.8 Å². The van der Waals surface area contributed by atoms with Crippen molar-refractivity contribution in [2.24, 2.45) is 5.92 Å². The number of esters is 1. The molecule has 0 spiro atoms. The number of ether oxygens (including phenoxy) is 1. The van der Waals surface area contributed by atoms with Crippen LogP contribution in [0.5, 0.6) is 0 Å². The molecule has 92 valence electrons. The second kappa shape index (κ2) is 6.49. The lowest BCUT2D eigenvalue weighted by Crippen LogP contribution is -2.28. The standard InChI is InChI=1S/C12H21NO3/c1-9(2)12(4,13-5)7-6-8-16-11(15)10(3)14/h9-10,14H,6-8H2,1-4H3. The first-order valence-corrected chi connectivity index (χ1v) is 5.57. The van der Waals surface area contributed by atoms with Gasteiger partial charge in [0.15, 0.2) is 0 Å². The van der Waals surface area contributed by atoms with Gasteiger partial charge in [0.05, 0.1) is 6.61 Å². The monoisotopic (exact) mass is 227 g/mol. The van der Waals surface area contributed by atoms with Crippen molar-refractivity contribution < 1.29 is 14.6 Å². The molecule has 0 aromatic rings. The molecule has 0 aliphatic rings. The van der Waals surface area contributed by atoms with Crippen LogP contribution < -0.4 is 0 Å². The van der Waals surface area contributed by atoms with Gasteiger partial charge in [-0.1, -0.05) is 13.8 Å². The fourth-order valence-electron chi connectivity index (χ4n) is 1.20. The summed E-state index contributed by atoms with van der Waals surface area (Å²) in [7, 11) is 0. The molecule has 16 heavy (non-hydrogen) atoms. The van der Waals surface area contributed by atoms with Crippen molar-refractivity contribution in [3.8, 4) is 0 Å². The Bertz CT molecular complexity index is 268. The SMILES string of the molecule is [C-]#[N+]C(C)(CCCOC(=O)C(C)O)C(C)C. The fraction of sp³-hybridized carbons (Fsp3) is 0.833. The van der Waals surface area contributed by atoms with E-state index in [0.717, 1.165) is 0 Å². The Morgan fingerprint density at radius 3 is 2.44 bits per heavy atom. The van der Waals surface area contributed by atoms with Gasteiger partial charge in [-0.25, -0.2) is 11.4 Å². The molecule has 0 heterocycles. The van der Waals surface area contributed by atoms with Gasteiger partial charge in [-0.3, -0.25) is 0 Å². The zero-order valence-corrected chi connectivity index (χ0v) is 10.5. The zero-order valence-electron chi connectivity index (χ0n) is 10.5. The summed E-state index contributed by atoms with van der Waals surface area (Å²) >= 11 is 0. The van der Waals surface area contributed by atoms with Gasteiger partial charge in [0, 0.05) is 19.3 Å². The molecule has 0 aliphatic heterocycles. The number of carbonyl (C=O) groups is 1. The summed E-state index contributed by atoms with van der Waals surface area (Å²) in [5, 5.41) is 8.89. The highest BCUT2D eigenvalue weighted by molar-refractivity contribution is 5.73. The Hall–Kier alpha value is -1.08. The summed E-state index contributed by atoms with van der Waals surface area (Å²) in [6.45, 7) is 14.7. The lowest BCUT2D eigenvalue weighted by atomic mass is 9.85. The minimum absolute atomic E-state index is 0.265. The van der Waals surface area contributed by atoms with Crippen molar-refractivity contribution >= 4 is 5.97 Å². The van der Waals surface area contributed by atoms with Crippen LogP contribution in [-0.4, -0.2) is 29.3 Å². The van der Waals surface area contributed by atoms with Crippen molar-refractivity contribution in [3.05, 3.63) is 11.4 Å². The average molecular weight is 227 g/mol. The molecule has 0 aromatic heterocycles. The second-order valence-corrected chi connectivity index (χ2v) is 4.57. The van der Waals surface area contributed by atoms with Crippen LogP contribution >= 0.6 is 0 Å². The Kier molecular flexibility index (Phi) is 6.05. The first-order chi connectivity index (χ1) is 7.33. The summed E-state index contributed by atoms with van der Waals surface area (Å²) < 4.78 is 4.83. The van der Waals surface area contributed by atoms with Crippen molar-refractivity contribution in [2.75, 3.05) is 6.61 Å². The molecule has 0 radical (unpaired) electrons. The molecular formula is C12H21NO3. The molecular weight excluding hydrogens is 206 g/mol. The average Bonchev–Trinajstić information content (AvgIpc) is 2.23. The van der Waals surface area contributed by atoms with E-state index in [1.165, 1.54) is 6.92 Å². The van der Waals surface area contributed by atoms with Gasteiger partial charge in [0.1, 0.15) is 6.10 Å². The van der Waals surface area contributed by atoms with Gasteiger partial charge in [-0.05, 0) is 13.3 Å². The number of hydrogen-bond donors (Lipinski definition) is 1. The van der Waals surface area contributed by atoms with Gasteiger partial charge >= 0.3 is 5.97 Å². The molecule has 0 rings (SSSR count). The minimum atomic E-state index is -1.07. The van der Waals surface area contributed by atoms with E-state index in [4.69, 9.17) is 16.4 Å². The van der Waals surface area contributed by atoms with Crippen LogP contribution in [0.2, 0.25) is 0 Å². The van der Waals surface area contributed by atoms with Crippen molar-refractivity contribution in [3.63, 3.8) is 0 Å². The predicted octanol–water partition coefficient (Wildman–Crippen LogP) is 2.02. The summed E-state index contributed by atoms with van der Waals surface area (Å²) in [4.78, 5) is 14.6. The molecule has 2 unspecified atom stereocenters. The molecule has 1 N–H and O–H groups in total. The molecule has 4 nitrogen and oxygen atoms in total. The molecule has 0 amide bonds. The van der Waals surface area contributed by atoms with E-state index in [1.54, 1.807) is 0 Å². The maximum atomic E-state index is 10.9. The molecule has 0 aliphatic carbocycles. The lowest BCUT2D eigenvalue weighted by molar-refractivity contribution is -0.152. The highest BCUT2D eigenvalue weighted by atomic mass is 16.5. The highest BCUT2D eigenvalue weighted by Crippen LogP contribution is 2.26. The van der Waals surface area contributed by atoms with Gasteiger partial charge in [-0.2, -0.15) is 0 Å². The minimum Gasteiger partial charge on any atom is -0.464 e. The number of aliphatic hydroxyl groups is 1. The lowest BCUT2D eigenvalue weighted by Gasteiger charge is -2.20. The van der Waals surface area contributed by atoms with Gasteiger partial charge < -0.3 is 14.7 Å². The summed E-state index contributed by atoms with van der Waals surface area (Å²) in [6.07, 6.45) is 0.272. The Balaban J connectivity index is 3.91. The van der Waals surface area contributed by atoms with Crippen LogP contribution in [0.3, 0.4) is 0 Å². The Morgan fingerprint density at radius 2 is 2.06 bits per heavy atom. The third-order valence-corrected chi connectivity index (χ3v) is 2.91. The molecule has 0 fully saturated rings.